The van der Waals surface area contributed by atoms with Crippen molar-refractivity contribution in [1.82, 2.24) is 0 Å². The van der Waals surface area contributed by atoms with E-state index in [4.69, 9.17) is 4.74 Å². The van der Waals surface area contributed by atoms with Gasteiger partial charge in [-0.1, -0.05) is 12.1 Å². The molecule has 0 spiro atoms. The molecule has 4 nitrogen and oxygen atoms in total. The van der Waals surface area contributed by atoms with Crippen molar-refractivity contribution in [2.24, 2.45) is 4.99 Å². The van der Waals surface area contributed by atoms with E-state index in [0.29, 0.717) is 6.42 Å². The van der Waals surface area contributed by atoms with Crippen molar-refractivity contribution < 1.29 is 14.6 Å². The SMILES string of the molecule is COc1ccc(C2=Nc3ccccc3S[C@H](C(=O)O)C2)cc1. The fourth-order valence-corrected chi connectivity index (χ4v) is 3.35. The molecule has 2 aromatic rings. The van der Waals surface area contributed by atoms with Crippen LogP contribution in [0.15, 0.2) is 58.4 Å². The topological polar surface area (TPSA) is 58.9 Å². The van der Waals surface area contributed by atoms with E-state index in [-0.39, 0.29) is 0 Å². The van der Waals surface area contributed by atoms with Gasteiger partial charge in [0.1, 0.15) is 11.0 Å². The van der Waals surface area contributed by atoms with Crippen LogP contribution < -0.4 is 4.74 Å². The van der Waals surface area contributed by atoms with Crippen LogP contribution in [0.1, 0.15) is 12.0 Å². The van der Waals surface area contributed by atoms with Crippen molar-refractivity contribution in [3.05, 3.63) is 54.1 Å². The van der Waals surface area contributed by atoms with E-state index < -0.39 is 11.2 Å². The van der Waals surface area contributed by atoms with Crippen molar-refractivity contribution >= 4 is 29.1 Å². The second-order valence-electron chi connectivity index (χ2n) is 4.90. The van der Waals surface area contributed by atoms with Gasteiger partial charge in [0.05, 0.1) is 18.5 Å². The summed E-state index contributed by atoms with van der Waals surface area (Å²) in [5, 5.41) is 8.90. The molecule has 0 saturated carbocycles. The first-order valence-electron chi connectivity index (χ1n) is 6.88. The summed E-state index contributed by atoms with van der Waals surface area (Å²) < 4.78 is 5.16. The molecule has 1 atom stereocenters. The number of carboxylic acid groups (broad SMARTS) is 1. The predicted molar refractivity (Wildman–Crippen MR) is 87.5 cm³/mol. The van der Waals surface area contributed by atoms with Crippen LogP contribution >= 0.6 is 11.8 Å². The van der Waals surface area contributed by atoms with E-state index in [9.17, 15) is 9.90 Å². The van der Waals surface area contributed by atoms with Crippen LogP contribution in [-0.2, 0) is 4.79 Å². The molecule has 1 aliphatic rings. The summed E-state index contributed by atoms with van der Waals surface area (Å²) in [4.78, 5) is 17.1. The first kappa shape index (κ1) is 14.7. The van der Waals surface area contributed by atoms with Crippen LogP contribution in [-0.4, -0.2) is 29.1 Å². The van der Waals surface area contributed by atoms with Gasteiger partial charge in [0, 0.05) is 11.3 Å². The molecular formula is C17H15NO3S. The molecule has 0 bridgehead atoms. The Morgan fingerprint density at radius 1 is 1.23 bits per heavy atom. The smallest absolute Gasteiger partial charge is 0.317 e. The summed E-state index contributed by atoms with van der Waals surface area (Å²) >= 11 is 1.35. The second kappa shape index (κ2) is 6.23. The summed E-state index contributed by atoms with van der Waals surface area (Å²) in [6, 6.07) is 15.2. The average molecular weight is 313 g/mol. The van der Waals surface area contributed by atoms with E-state index in [0.717, 1.165) is 27.6 Å². The lowest BCUT2D eigenvalue weighted by Gasteiger charge is -2.10. The largest absolute Gasteiger partial charge is 0.497 e. The maximum absolute atomic E-state index is 11.5. The van der Waals surface area contributed by atoms with Gasteiger partial charge < -0.3 is 9.84 Å². The van der Waals surface area contributed by atoms with Crippen LogP contribution in [0, 0.1) is 0 Å². The number of aliphatic imine (C=N–C) groups is 1. The fourth-order valence-electron chi connectivity index (χ4n) is 2.31. The van der Waals surface area contributed by atoms with Crippen LogP contribution in [0.25, 0.3) is 0 Å². The fraction of sp³-hybridized carbons (Fsp3) is 0.176. The normalized spacial score (nSPS) is 17.1. The van der Waals surface area contributed by atoms with Gasteiger partial charge in [-0.3, -0.25) is 9.79 Å². The van der Waals surface area contributed by atoms with Crippen molar-refractivity contribution in [2.75, 3.05) is 7.11 Å². The molecule has 1 N–H and O–H groups in total. The van der Waals surface area contributed by atoms with E-state index >= 15 is 0 Å². The molecule has 0 unspecified atom stereocenters. The number of carboxylic acids is 1. The Balaban J connectivity index is 2.04. The number of hydrogen-bond acceptors (Lipinski definition) is 4. The zero-order valence-corrected chi connectivity index (χ0v) is 12.8. The molecule has 0 fully saturated rings. The van der Waals surface area contributed by atoms with Gasteiger partial charge in [-0.05, 0) is 42.0 Å². The maximum atomic E-state index is 11.5. The number of fused-ring (bicyclic) bond motifs is 1. The number of aliphatic carboxylic acids is 1. The highest BCUT2D eigenvalue weighted by atomic mass is 32.2. The molecule has 0 aromatic heterocycles. The Kier molecular flexibility index (Phi) is 4.15. The van der Waals surface area contributed by atoms with Gasteiger partial charge in [-0.15, -0.1) is 11.8 Å². The molecule has 1 heterocycles. The monoisotopic (exact) mass is 313 g/mol. The molecular weight excluding hydrogens is 298 g/mol. The van der Waals surface area contributed by atoms with E-state index in [1.807, 2.05) is 48.5 Å². The summed E-state index contributed by atoms with van der Waals surface area (Å²) in [5.74, 6) is -0.0505. The number of ether oxygens (including phenoxy) is 1. The van der Waals surface area contributed by atoms with Crippen molar-refractivity contribution in [3.63, 3.8) is 0 Å². The number of benzene rings is 2. The van der Waals surface area contributed by atoms with Crippen LogP contribution in [0.5, 0.6) is 5.75 Å². The minimum Gasteiger partial charge on any atom is -0.497 e. The number of carbonyl (C=O) groups is 1. The molecule has 0 aliphatic carbocycles. The first-order chi connectivity index (χ1) is 10.7. The van der Waals surface area contributed by atoms with Crippen LogP contribution in [0.2, 0.25) is 0 Å². The molecule has 0 radical (unpaired) electrons. The lowest BCUT2D eigenvalue weighted by molar-refractivity contribution is -0.136. The maximum Gasteiger partial charge on any atom is 0.317 e. The zero-order valence-electron chi connectivity index (χ0n) is 12.0. The standard InChI is InChI=1S/C17H15NO3S/c1-21-12-8-6-11(7-9-12)14-10-16(17(19)20)22-15-5-3-2-4-13(15)18-14/h2-9,16H,10H2,1H3,(H,19,20)/t16-/m0/s1. The second-order valence-corrected chi connectivity index (χ2v) is 6.15. The Labute approximate surface area is 132 Å². The lowest BCUT2D eigenvalue weighted by atomic mass is 10.0. The van der Waals surface area contributed by atoms with Crippen molar-refractivity contribution in [3.8, 4) is 5.75 Å². The summed E-state index contributed by atoms with van der Waals surface area (Å²) in [5.41, 5.74) is 2.53. The number of rotatable bonds is 3. The Hall–Kier alpha value is -2.27. The van der Waals surface area contributed by atoms with Gasteiger partial charge >= 0.3 is 5.97 Å². The van der Waals surface area contributed by atoms with E-state index in [1.165, 1.54) is 11.8 Å². The van der Waals surface area contributed by atoms with Crippen molar-refractivity contribution in [2.45, 2.75) is 16.6 Å². The van der Waals surface area contributed by atoms with Crippen LogP contribution in [0.3, 0.4) is 0 Å². The summed E-state index contributed by atoms with van der Waals surface area (Å²) in [6.07, 6.45) is 0.390. The number of para-hydroxylation sites is 1. The minimum absolute atomic E-state index is 0.390. The quantitative estimate of drug-likeness (QED) is 0.937. The predicted octanol–water partition coefficient (Wildman–Crippen LogP) is 3.77. The first-order valence-corrected chi connectivity index (χ1v) is 7.76. The highest BCUT2D eigenvalue weighted by Gasteiger charge is 2.26. The van der Waals surface area contributed by atoms with E-state index in [2.05, 4.69) is 4.99 Å². The Morgan fingerprint density at radius 2 is 1.95 bits per heavy atom. The van der Waals surface area contributed by atoms with Gasteiger partial charge in [0.25, 0.3) is 0 Å². The molecule has 112 valence electrons. The molecule has 3 rings (SSSR count). The molecule has 5 heteroatoms. The number of methoxy groups -OCH3 is 1. The molecule has 22 heavy (non-hydrogen) atoms. The number of thioether (sulfide) groups is 1. The third-order valence-corrected chi connectivity index (χ3v) is 4.72. The highest BCUT2D eigenvalue weighted by molar-refractivity contribution is 8.00. The molecule has 1 aliphatic heterocycles. The molecule has 0 saturated heterocycles. The highest BCUT2D eigenvalue weighted by Crippen LogP contribution is 2.38. The van der Waals surface area contributed by atoms with Gasteiger partial charge in [-0.25, -0.2) is 0 Å². The van der Waals surface area contributed by atoms with Crippen molar-refractivity contribution in [1.29, 1.82) is 0 Å². The van der Waals surface area contributed by atoms with Gasteiger partial charge in [0.2, 0.25) is 0 Å². The Bertz CT molecular complexity index is 725. The van der Waals surface area contributed by atoms with Gasteiger partial charge in [0.15, 0.2) is 0 Å². The third-order valence-electron chi connectivity index (χ3n) is 3.47. The Morgan fingerprint density at radius 3 is 2.64 bits per heavy atom. The summed E-state index contributed by atoms with van der Waals surface area (Å²) in [7, 11) is 1.62. The zero-order chi connectivity index (χ0) is 15.5. The number of nitrogens with zero attached hydrogens (tertiary/aromatic N) is 1. The molecule has 0 amide bonds. The lowest BCUT2D eigenvalue weighted by Crippen LogP contribution is -2.20. The minimum atomic E-state index is -0.817. The molecule has 2 aromatic carbocycles. The third kappa shape index (κ3) is 2.99. The van der Waals surface area contributed by atoms with Crippen LogP contribution in [0.4, 0.5) is 5.69 Å². The van der Waals surface area contributed by atoms with Gasteiger partial charge in [-0.2, -0.15) is 0 Å². The van der Waals surface area contributed by atoms with E-state index in [1.54, 1.807) is 7.11 Å². The summed E-state index contributed by atoms with van der Waals surface area (Å²) in [6.45, 7) is 0. The number of hydrogen-bond donors (Lipinski definition) is 1. The average Bonchev–Trinajstić information content (AvgIpc) is 2.74.